The van der Waals surface area contributed by atoms with Crippen molar-refractivity contribution in [1.29, 1.82) is 0 Å². The number of nitrogen functional groups attached to an aromatic ring is 1. The van der Waals surface area contributed by atoms with E-state index in [4.69, 9.17) is 10.7 Å². The number of para-hydroxylation sites is 3. The van der Waals surface area contributed by atoms with Crippen LogP contribution in [0, 0.1) is 0 Å². The molecule has 0 aliphatic carbocycles. The molecule has 6 aromatic rings. The van der Waals surface area contributed by atoms with Crippen molar-refractivity contribution < 1.29 is 0 Å². The van der Waals surface area contributed by atoms with Gasteiger partial charge in [0, 0.05) is 31.6 Å². The number of rotatable bonds is 2. The van der Waals surface area contributed by atoms with Crippen LogP contribution in [0.4, 0.5) is 5.69 Å². The van der Waals surface area contributed by atoms with Crippen LogP contribution in [0.25, 0.3) is 38.2 Å². The molecule has 0 saturated carbocycles. The highest BCUT2D eigenvalue weighted by molar-refractivity contribution is 7.99. The third-order valence-corrected chi connectivity index (χ3v) is 6.54. The van der Waals surface area contributed by atoms with Gasteiger partial charge >= 0.3 is 0 Å². The van der Waals surface area contributed by atoms with Crippen molar-refractivity contribution in [2.45, 2.75) is 9.79 Å². The van der Waals surface area contributed by atoms with Crippen molar-refractivity contribution >= 4 is 55.7 Å². The van der Waals surface area contributed by atoms with E-state index in [0.717, 1.165) is 42.7 Å². The Morgan fingerprint density at radius 1 is 0.759 bits per heavy atom. The summed E-state index contributed by atoms with van der Waals surface area (Å²) < 4.78 is 1.73. The first-order chi connectivity index (χ1) is 14.2. The van der Waals surface area contributed by atoms with Gasteiger partial charge in [-0.3, -0.25) is 9.20 Å². The highest BCUT2D eigenvalue weighted by Gasteiger charge is 2.17. The molecule has 6 rings (SSSR count). The van der Waals surface area contributed by atoms with Crippen molar-refractivity contribution in [2.24, 2.45) is 0 Å². The molecule has 0 aliphatic heterocycles. The normalized spacial score (nSPS) is 11.9. The van der Waals surface area contributed by atoms with Crippen LogP contribution in [0.2, 0.25) is 0 Å². The summed E-state index contributed by atoms with van der Waals surface area (Å²) in [5.41, 5.74) is 9.23. The van der Waals surface area contributed by atoms with Gasteiger partial charge in [0.1, 0.15) is 5.65 Å². The average Bonchev–Trinajstić information content (AvgIpc) is 3.14. The maximum Gasteiger partial charge on any atom is 0.264 e. The van der Waals surface area contributed by atoms with Crippen LogP contribution < -0.4 is 11.3 Å². The first-order valence-corrected chi connectivity index (χ1v) is 10.1. The minimum absolute atomic E-state index is 0.0341. The lowest BCUT2D eigenvalue weighted by Gasteiger charge is -2.12. The minimum atomic E-state index is -0.0341. The molecule has 0 aliphatic rings. The van der Waals surface area contributed by atoms with E-state index in [1.165, 1.54) is 0 Å². The number of pyridine rings is 1. The second-order valence-corrected chi connectivity index (χ2v) is 8.13. The fourth-order valence-electron chi connectivity index (χ4n) is 4.06. The molecule has 2 N–H and O–H groups in total. The van der Waals surface area contributed by atoms with Gasteiger partial charge in [0.2, 0.25) is 0 Å². The molecular formula is C24H15N3OS. The van der Waals surface area contributed by atoms with Crippen molar-refractivity contribution in [1.82, 2.24) is 9.38 Å². The van der Waals surface area contributed by atoms with Gasteiger partial charge in [0.15, 0.2) is 0 Å². The number of anilines is 1. The van der Waals surface area contributed by atoms with E-state index in [1.807, 2.05) is 60.7 Å². The molecule has 0 fully saturated rings. The Hall–Kier alpha value is -3.57. The predicted molar refractivity (Wildman–Crippen MR) is 120 cm³/mol. The van der Waals surface area contributed by atoms with E-state index in [9.17, 15) is 4.79 Å². The van der Waals surface area contributed by atoms with E-state index in [1.54, 1.807) is 16.2 Å². The Kier molecular flexibility index (Phi) is 3.37. The Morgan fingerprint density at radius 2 is 1.55 bits per heavy atom. The first kappa shape index (κ1) is 16.4. The summed E-state index contributed by atoms with van der Waals surface area (Å²) in [7, 11) is 0. The lowest BCUT2D eigenvalue weighted by molar-refractivity contribution is 1.19. The summed E-state index contributed by atoms with van der Waals surface area (Å²) in [5, 5.41) is 3.69. The molecule has 4 nitrogen and oxygen atoms in total. The van der Waals surface area contributed by atoms with Gasteiger partial charge < -0.3 is 5.73 Å². The maximum atomic E-state index is 13.4. The molecule has 2 heterocycles. The quantitative estimate of drug-likeness (QED) is 0.404. The van der Waals surface area contributed by atoms with Crippen LogP contribution in [0.5, 0.6) is 0 Å². The van der Waals surface area contributed by atoms with E-state index < -0.39 is 0 Å². The summed E-state index contributed by atoms with van der Waals surface area (Å²) >= 11 is 1.62. The van der Waals surface area contributed by atoms with Gasteiger partial charge in [0.25, 0.3) is 5.56 Å². The zero-order valence-electron chi connectivity index (χ0n) is 15.3. The number of imidazole rings is 1. The monoisotopic (exact) mass is 393 g/mol. The largest absolute Gasteiger partial charge is 0.398 e. The summed E-state index contributed by atoms with van der Waals surface area (Å²) in [6, 6.07) is 25.7. The van der Waals surface area contributed by atoms with E-state index in [0.29, 0.717) is 11.0 Å². The molecule has 4 aromatic carbocycles. The molecule has 0 spiro atoms. The summed E-state index contributed by atoms with van der Waals surface area (Å²) in [6.45, 7) is 0. The number of fused-ring (bicyclic) bond motifs is 4. The number of aromatic nitrogens is 2. The topological polar surface area (TPSA) is 60.4 Å². The molecule has 0 amide bonds. The van der Waals surface area contributed by atoms with E-state index in [-0.39, 0.29) is 5.56 Å². The molecule has 0 radical (unpaired) electrons. The Balaban J connectivity index is 1.73. The third-order valence-electron chi connectivity index (χ3n) is 5.37. The van der Waals surface area contributed by atoms with Gasteiger partial charge in [-0.2, -0.15) is 0 Å². The third kappa shape index (κ3) is 2.28. The lowest BCUT2D eigenvalue weighted by atomic mass is 10.0. The van der Waals surface area contributed by atoms with Crippen molar-refractivity contribution in [3.8, 4) is 0 Å². The van der Waals surface area contributed by atoms with Crippen LogP contribution in [0.3, 0.4) is 0 Å². The molecule has 0 unspecified atom stereocenters. The first-order valence-electron chi connectivity index (χ1n) is 9.33. The number of hydrogen-bond donors (Lipinski definition) is 1. The fourth-order valence-corrected chi connectivity index (χ4v) is 5.04. The molecule has 138 valence electrons. The van der Waals surface area contributed by atoms with Gasteiger partial charge in [-0.15, -0.1) is 0 Å². The number of benzene rings is 4. The summed E-state index contributed by atoms with van der Waals surface area (Å²) in [4.78, 5) is 20.2. The van der Waals surface area contributed by atoms with Crippen LogP contribution >= 0.6 is 11.8 Å². The van der Waals surface area contributed by atoms with E-state index >= 15 is 0 Å². The predicted octanol–water partition coefficient (Wildman–Crippen LogP) is 5.33. The van der Waals surface area contributed by atoms with Crippen molar-refractivity contribution in [2.75, 3.05) is 5.73 Å². The van der Waals surface area contributed by atoms with Crippen LogP contribution in [-0.4, -0.2) is 9.38 Å². The van der Waals surface area contributed by atoms with Crippen molar-refractivity contribution in [3.05, 3.63) is 89.2 Å². The highest BCUT2D eigenvalue weighted by atomic mass is 32.2. The molecule has 29 heavy (non-hydrogen) atoms. The van der Waals surface area contributed by atoms with Crippen LogP contribution in [-0.2, 0) is 0 Å². The van der Waals surface area contributed by atoms with Gasteiger partial charge in [-0.05, 0) is 47.9 Å². The maximum absolute atomic E-state index is 13.4. The molecule has 0 bridgehead atoms. The second-order valence-electron chi connectivity index (χ2n) is 7.04. The molecule has 0 saturated heterocycles. The molecule has 0 atom stereocenters. The van der Waals surface area contributed by atoms with Crippen LogP contribution in [0.15, 0.2) is 93.4 Å². The average molecular weight is 393 g/mol. The number of nitrogens with zero attached hydrogens (tertiary/aromatic N) is 2. The Morgan fingerprint density at radius 3 is 2.45 bits per heavy atom. The smallest absolute Gasteiger partial charge is 0.264 e. The molecule has 5 heteroatoms. The standard InChI is InChI=1S/C24H15N3OS/c25-17-8-1-4-11-21(17)29-20-13-12-15-22-14(20)6-5-7-16(22)24(28)27-19-10-3-2-9-18(19)26-23(15)27/h1-13H,25H2. The van der Waals surface area contributed by atoms with Crippen molar-refractivity contribution in [3.63, 3.8) is 0 Å². The summed E-state index contributed by atoms with van der Waals surface area (Å²) in [5.74, 6) is 0. The number of hydrogen-bond acceptors (Lipinski definition) is 4. The van der Waals surface area contributed by atoms with Gasteiger partial charge in [-0.25, -0.2) is 4.98 Å². The number of nitrogens with two attached hydrogens (primary N) is 1. The SMILES string of the molecule is Nc1ccccc1Sc1ccc2c3c1cccc3c(=O)n1c3ccccc3nc21. The molecule has 2 aromatic heterocycles. The van der Waals surface area contributed by atoms with Crippen LogP contribution in [0.1, 0.15) is 0 Å². The van der Waals surface area contributed by atoms with E-state index in [2.05, 4.69) is 18.2 Å². The zero-order chi connectivity index (χ0) is 19.5. The lowest BCUT2D eigenvalue weighted by Crippen LogP contribution is -2.13. The minimum Gasteiger partial charge on any atom is -0.398 e. The summed E-state index contributed by atoms with van der Waals surface area (Å²) in [6.07, 6.45) is 0. The van der Waals surface area contributed by atoms with Gasteiger partial charge in [-0.1, -0.05) is 48.2 Å². The van der Waals surface area contributed by atoms with Gasteiger partial charge in [0.05, 0.1) is 11.0 Å². The highest BCUT2D eigenvalue weighted by Crippen LogP contribution is 2.39. The second kappa shape index (κ2) is 5.96. The molecular weight excluding hydrogens is 378 g/mol. The zero-order valence-corrected chi connectivity index (χ0v) is 16.1. The Labute approximate surface area is 169 Å². The fraction of sp³-hybridized carbons (Fsp3) is 0. The Bertz CT molecular complexity index is 1620.